The van der Waals surface area contributed by atoms with Crippen molar-refractivity contribution in [3.05, 3.63) is 56.7 Å². The monoisotopic (exact) mass is 421 g/mol. The largest absolute Gasteiger partial charge is 0.350 e. The SMILES string of the molecule is O=C(NCCN1CCN(C(=O)c2cccc(Br)c2)CC1)c1cccs1. The third kappa shape index (κ3) is 4.90. The number of rotatable bonds is 5. The Hall–Kier alpha value is -1.70. The van der Waals surface area contributed by atoms with Crippen molar-refractivity contribution in [2.75, 3.05) is 39.3 Å². The Bertz CT molecular complexity index is 728. The molecule has 5 nitrogen and oxygen atoms in total. The first-order valence-corrected chi connectivity index (χ1v) is 9.89. The van der Waals surface area contributed by atoms with Crippen molar-refractivity contribution in [3.8, 4) is 0 Å². The molecule has 2 amide bonds. The number of amides is 2. The molecule has 2 heterocycles. The number of piperazine rings is 1. The first kappa shape index (κ1) is 18.1. The molecule has 7 heteroatoms. The quantitative estimate of drug-likeness (QED) is 0.807. The van der Waals surface area contributed by atoms with Crippen LogP contribution in [0.1, 0.15) is 20.0 Å². The molecule has 2 aromatic rings. The third-order valence-electron chi connectivity index (χ3n) is 4.19. The fraction of sp³-hybridized carbons (Fsp3) is 0.333. The number of halogens is 1. The van der Waals surface area contributed by atoms with Gasteiger partial charge in [-0.2, -0.15) is 0 Å². The highest BCUT2D eigenvalue weighted by molar-refractivity contribution is 9.10. The smallest absolute Gasteiger partial charge is 0.261 e. The van der Waals surface area contributed by atoms with E-state index in [0.29, 0.717) is 25.2 Å². The fourth-order valence-electron chi connectivity index (χ4n) is 2.80. The van der Waals surface area contributed by atoms with Crippen molar-refractivity contribution in [1.82, 2.24) is 15.1 Å². The van der Waals surface area contributed by atoms with Gasteiger partial charge in [-0.25, -0.2) is 0 Å². The molecule has 1 aliphatic rings. The van der Waals surface area contributed by atoms with E-state index in [1.165, 1.54) is 11.3 Å². The lowest BCUT2D eigenvalue weighted by molar-refractivity contribution is 0.0638. The zero-order valence-electron chi connectivity index (χ0n) is 13.8. The maximum atomic E-state index is 12.5. The minimum absolute atomic E-state index is 0.0153. The number of carbonyl (C=O) groups excluding carboxylic acids is 2. The predicted molar refractivity (Wildman–Crippen MR) is 103 cm³/mol. The van der Waals surface area contributed by atoms with Gasteiger partial charge in [0.2, 0.25) is 0 Å². The lowest BCUT2D eigenvalue weighted by Gasteiger charge is -2.34. The summed E-state index contributed by atoms with van der Waals surface area (Å²) < 4.78 is 0.915. The van der Waals surface area contributed by atoms with Crippen molar-refractivity contribution < 1.29 is 9.59 Å². The Balaban J connectivity index is 1.41. The molecule has 0 spiro atoms. The molecule has 1 N–H and O–H groups in total. The van der Waals surface area contributed by atoms with Crippen LogP contribution in [0.25, 0.3) is 0 Å². The lowest BCUT2D eigenvalue weighted by atomic mass is 10.2. The zero-order chi connectivity index (χ0) is 17.6. The van der Waals surface area contributed by atoms with Crippen molar-refractivity contribution in [2.24, 2.45) is 0 Å². The number of nitrogens with one attached hydrogen (secondary N) is 1. The average Bonchev–Trinajstić information content (AvgIpc) is 3.16. The standard InChI is InChI=1S/C18H20BrN3O2S/c19-15-4-1-3-14(13-15)18(24)22-10-8-21(9-11-22)7-6-20-17(23)16-5-2-12-25-16/h1-5,12-13H,6-11H2,(H,20,23). The average molecular weight is 422 g/mol. The summed E-state index contributed by atoms with van der Waals surface area (Å²) in [6.07, 6.45) is 0. The van der Waals surface area contributed by atoms with Gasteiger partial charge in [0.25, 0.3) is 11.8 Å². The number of hydrogen-bond donors (Lipinski definition) is 1. The van der Waals surface area contributed by atoms with E-state index in [2.05, 4.69) is 26.1 Å². The molecular weight excluding hydrogens is 402 g/mol. The number of thiophene rings is 1. The molecule has 3 rings (SSSR count). The van der Waals surface area contributed by atoms with E-state index in [1.807, 2.05) is 46.7 Å². The van der Waals surface area contributed by atoms with Crippen LogP contribution in [-0.2, 0) is 0 Å². The Kier molecular flexibility index (Phi) is 6.23. The molecule has 0 saturated carbocycles. The van der Waals surface area contributed by atoms with Gasteiger partial charge in [0.15, 0.2) is 0 Å². The molecule has 0 aliphatic carbocycles. The minimum Gasteiger partial charge on any atom is -0.350 e. The normalized spacial score (nSPS) is 15.2. The Morgan fingerprint density at radius 1 is 1.12 bits per heavy atom. The van der Waals surface area contributed by atoms with Gasteiger partial charge >= 0.3 is 0 Å². The molecule has 0 radical (unpaired) electrons. The number of carbonyl (C=O) groups is 2. The molecule has 0 atom stereocenters. The van der Waals surface area contributed by atoms with Crippen LogP contribution in [-0.4, -0.2) is 60.9 Å². The van der Waals surface area contributed by atoms with E-state index in [0.717, 1.165) is 29.0 Å². The Morgan fingerprint density at radius 2 is 1.92 bits per heavy atom. The highest BCUT2D eigenvalue weighted by Gasteiger charge is 2.22. The first-order valence-electron chi connectivity index (χ1n) is 8.22. The van der Waals surface area contributed by atoms with Crippen LogP contribution < -0.4 is 5.32 Å². The third-order valence-corrected chi connectivity index (χ3v) is 5.55. The summed E-state index contributed by atoms with van der Waals surface area (Å²) in [5, 5.41) is 4.84. The van der Waals surface area contributed by atoms with Crippen molar-refractivity contribution >= 4 is 39.1 Å². The van der Waals surface area contributed by atoms with E-state index < -0.39 is 0 Å². The summed E-state index contributed by atoms with van der Waals surface area (Å²) in [4.78, 5) is 29.3. The lowest BCUT2D eigenvalue weighted by Crippen LogP contribution is -2.50. The summed E-state index contributed by atoms with van der Waals surface area (Å²) >= 11 is 4.85. The van der Waals surface area contributed by atoms with Crippen LogP contribution >= 0.6 is 27.3 Å². The van der Waals surface area contributed by atoms with Crippen LogP contribution in [0.5, 0.6) is 0 Å². The van der Waals surface area contributed by atoms with Crippen LogP contribution in [0.2, 0.25) is 0 Å². The summed E-state index contributed by atoms with van der Waals surface area (Å²) in [6, 6.07) is 11.2. The fourth-order valence-corrected chi connectivity index (χ4v) is 3.84. The molecule has 1 fully saturated rings. The molecule has 25 heavy (non-hydrogen) atoms. The molecule has 1 aliphatic heterocycles. The molecule has 0 unspecified atom stereocenters. The Labute approximate surface area is 159 Å². The molecular formula is C18H20BrN3O2S. The molecule has 0 bridgehead atoms. The van der Waals surface area contributed by atoms with Gasteiger partial charge in [-0.1, -0.05) is 28.1 Å². The highest BCUT2D eigenvalue weighted by Crippen LogP contribution is 2.14. The topological polar surface area (TPSA) is 52.7 Å². The summed E-state index contributed by atoms with van der Waals surface area (Å²) in [7, 11) is 0. The van der Waals surface area contributed by atoms with E-state index in [-0.39, 0.29) is 11.8 Å². The van der Waals surface area contributed by atoms with Crippen molar-refractivity contribution in [3.63, 3.8) is 0 Å². The predicted octanol–water partition coefficient (Wildman–Crippen LogP) is 2.70. The maximum Gasteiger partial charge on any atom is 0.261 e. The molecule has 132 valence electrons. The van der Waals surface area contributed by atoms with Crippen LogP contribution in [0.15, 0.2) is 46.3 Å². The summed E-state index contributed by atoms with van der Waals surface area (Å²) in [5.74, 6) is 0.0606. The van der Waals surface area contributed by atoms with E-state index >= 15 is 0 Å². The number of benzene rings is 1. The summed E-state index contributed by atoms with van der Waals surface area (Å²) in [5.41, 5.74) is 0.714. The second kappa shape index (κ2) is 8.60. The van der Waals surface area contributed by atoms with Crippen molar-refractivity contribution in [1.29, 1.82) is 0 Å². The second-order valence-electron chi connectivity index (χ2n) is 5.88. The zero-order valence-corrected chi connectivity index (χ0v) is 16.2. The van der Waals surface area contributed by atoms with Gasteiger partial charge < -0.3 is 10.2 Å². The maximum absolute atomic E-state index is 12.5. The van der Waals surface area contributed by atoms with Gasteiger partial charge in [-0.3, -0.25) is 14.5 Å². The van der Waals surface area contributed by atoms with E-state index in [9.17, 15) is 9.59 Å². The van der Waals surface area contributed by atoms with Gasteiger partial charge in [-0.05, 0) is 29.6 Å². The number of hydrogen-bond acceptors (Lipinski definition) is 4. The van der Waals surface area contributed by atoms with Gasteiger partial charge in [0.05, 0.1) is 4.88 Å². The molecule has 1 aromatic carbocycles. The van der Waals surface area contributed by atoms with E-state index in [4.69, 9.17) is 0 Å². The summed E-state index contributed by atoms with van der Waals surface area (Å²) in [6.45, 7) is 4.50. The van der Waals surface area contributed by atoms with Crippen molar-refractivity contribution in [2.45, 2.75) is 0 Å². The van der Waals surface area contributed by atoms with Crippen LogP contribution in [0.4, 0.5) is 0 Å². The van der Waals surface area contributed by atoms with Gasteiger partial charge in [0.1, 0.15) is 0 Å². The van der Waals surface area contributed by atoms with Crippen LogP contribution in [0, 0.1) is 0 Å². The van der Waals surface area contributed by atoms with Gasteiger partial charge in [0, 0.05) is 49.3 Å². The molecule has 1 aromatic heterocycles. The molecule has 1 saturated heterocycles. The Morgan fingerprint density at radius 3 is 2.60 bits per heavy atom. The number of nitrogens with zero attached hydrogens (tertiary/aromatic N) is 2. The van der Waals surface area contributed by atoms with Gasteiger partial charge in [-0.15, -0.1) is 11.3 Å². The van der Waals surface area contributed by atoms with Crippen LogP contribution in [0.3, 0.4) is 0 Å². The van der Waals surface area contributed by atoms with E-state index in [1.54, 1.807) is 0 Å². The first-order chi connectivity index (χ1) is 12.1. The highest BCUT2D eigenvalue weighted by atomic mass is 79.9. The minimum atomic E-state index is -0.0153. The second-order valence-corrected chi connectivity index (χ2v) is 7.74.